The maximum Gasteiger partial charge on any atom is 0.163 e. The van der Waals surface area contributed by atoms with Crippen LogP contribution in [-0.4, -0.2) is 16.1 Å². The van der Waals surface area contributed by atoms with Crippen molar-refractivity contribution >= 4 is 5.78 Å². The zero-order chi connectivity index (χ0) is 13.1. The SMILES string of the molecule is CC(=O)c1ccc(C)cc1OCc1nonc1C. The largest absolute Gasteiger partial charge is 0.486 e. The molecule has 0 N–H and O–H groups in total. The van der Waals surface area contributed by atoms with E-state index in [9.17, 15) is 4.79 Å². The fourth-order valence-corrected chi connectivity index (χ4v) is 1.57. The summed E-state index contributed by atoms with van der Waals surface area (Å²) in [6, 6.07) is 5.48. The summed E-state index contributed by atoms with van der Waals surface area (Å²) >= 11 is 0. The second-order valence-corrected chi connectivity index (χ2v) is 4.14. The first-order valence-corrected chi connectivity index (χ1v) is 5.60. The monoisotopic (exact) mass is 246 g/mol. The molecule has 94 valence electrons. The smallest absolute Gasteiger partial charge is 0.163 e. The van der Waals surface area contributed by atoms with Gasteiger partial charge >= 0.3 is 0 Å². The van der Waals surface area contributed by atoms with Gasteiger partial charge in [0, 0.05) is 0 Å². The van der Waals surface area contributed by atoms with Crippen LogP contribution in [0.4, 0.5) is 0 Å². The third kappa shape index (κ3) is 2.56. The van der Waals surface area contributed by atoms with Crippen molar-refractivity contribution in [1.82, 2.24) is 10.3 Å². The molecule has 0 aliphatic rings. The molecular formula is C13H14N2O3. The third-order valence-electron chi connectivity index (χ3n) is 2.63. The topological polar surface area (TPSA) is 65.2 Å². The molecule has 5 nitrogen and oxygen atoms in total. The number of carbonyl (C=O) groups is 1. The number of aromatic nitrogens is 2. The highest BCUT2D eigenvalue weighted by Crippen LogP contribution is 2.22. The summed E-state index contributed by atoms with van der Waals surface area (Å²) in [5, 5.41) is 7.40. The molecule has 0 spiro atoms. The minimum atomic E-state index is -0.0278. The van der Waals surface area contributed by atoms with Gasteiger partial charge in [-0.3, -0.25) is 4.79 Å². The highest BCUT2D eigenvalue weighted by Gasteiger charge is 2.11. The van der Waals surface area contributed by atoms with Crippen molar-refractivity contribution in [3.05, 3.63) is 40.7 Å². The molecule has 0 fully saturated rings. The van der Waals surface area contributed by atoms with Gasteiger partial charge in [0.05, 0.1) is 5.56 Å². The van der Waals surface area contributed by atoms with Crippen LogP contribution >= 0.6 is 0 Å². The molecule has 0 bridgehead atoms. The minimum Gasteiger partial charge on any atom is -0.486 e. The van der Waals surface area contributed by atoms with E-state index in [4.69, 9.17) is 4.74 Å². The van der Waals surface area contributed by atoms with E-state index in [0.29, 0.717) is 22.7 Å². The van der Waals surface area contributed by atoms with Crippen LogP contribution in [0.25, 0.3) is 0 Å². The number of aryl methyl sites for hydroxylation is 2. The van der Waals surface area contributed by atoms with Crippen LogP contribution in [0.15, 0.2) is 22.8 Å². The molecular weight excluding hydrogens is 232 g/mol. The van der Waals surface area contributed by atoms with Crippen LogP contribution < -0.4 is 4.74 Å². The maximum atomic E-state index is 11.5. The first-order chi connectivity index (χ1) is 8.58. The summed E-state index contributed by atoms with van der Waals surface area (Å²) in [6.07, 6.45) is 0. The lowest BCUT2D eigenvalue weighted by Crippen LogP contribution is -2.03. The van der Waals surface area contributed by atoms with E-state index in [-0.39, 0.29) is 12.4 Å². The number of carbonyl (C=O) groups excluding carboxylic acids is 1. The van der Waals surface area contributed by atoms with E-state index < -0.39 is 0 Å². The molecule has 0 saturated heterocycles. The van der Waals surface area contributed by atoms with E-state index >= 15 is 0 Å². The Hall–Kier alpha value is -2.17. The fraction of sp³-hybridized carbons (Fsp3) is 0.308. The molecule has 2 aromatic rings. The Bertz CT molecular complexity index is 575. The Morgan fingerprint density at radius 3 is 2.72 bits per heavy atom. The lowest BCUT2D eigenvalue weighted by molar-refractivity contribution is 0.101. The molecule has 0 aliphatic carbocycles. The molecule has 2 rings (SSSR count). The molecule has 0 atom stereocenters. The summed E-state index contributed by atoms with van der Waals surface area (Å²) in [7, 11) is 0. The highest BCUT2D eigenvalue weighted by molar-refractivity contribution is 5.96. The van der Waals surface area contributed by atoms with Gasteiger partial charge in [0.1, 0.15) is 23.7 Å². The van der Waals surface area contributed by atoms with Crippen LogP contribution in [0.5, 0.6) is 5.75 Å². The van der Waals surface area contributed by atoms with Crippen molar-refractivity contribution in [2.24, 2.45) is 0 Å². The molecule has 0 aliphatic heterocycles. The Kier molecular flexibility index (Phi) is 3.41. The summed E-state index contributed by atoms with van der Waals surface area (Å²) in [6.45, 7) is 5.48. The molecule has 0 saturated carbocycles. The van der Waals surface area contributed by atoms with Crippen molar-refractivity contribution in [2.45, 2.75) is 27.4 Å². The lowest BCUT2D eigenvalue weighted by atomic mass is 10.1. The van der Waals surface area contributed by atoms with Crippen molar-refractivity contribution < 1.29 is 14.2 Å². The summed E-state index contributed by atoms with van der Waals surface area (Å²) in [5.41, 5.74) is 2.91. The lowest BCUT2D eigenvalue weighted by Gasteiger charge is -2.09. The predicted octanol–water partition coefficient (Wildman–Crippen LogP) is 2.47. The number of ether oxygens (including phenoxy) is 1. The quantitative estimate of drug-likeness (QED) is 0.775. The molecule has 1 heterocycles. The molecule has 1 aromatic heterocycles. The first-order valence-electron chi connectivity index (χ1n) is 5.60. The zero-order valence-electron chi connectivity index (χ0n) is 10.6. The molecule has 0 amide bonds. The van der Waals surface area contributed by atoms with Crippen molar-refractivity contribution in [1.29, 1.82) is 0 Å². The normalized spacial score (nSPS) is 10.4. The van der Waals surface area contributed by atoms with Gasteiger partial charge in [-0.25, -0.2) is 4.63 Å². The van der Waals surface area contributed by atoms with Gasteiger partial charge in [-0.2, -0.15) is 0 Å². The van der Waals surface area contributed by atoms with E-state index in [1.165, 1.54) is 6.92 Å². The van der Waals surface area contributed by atoms with E-state index in [0.717, 1.165) is 5.56 Å². The second-order valence-electron chi connectivity index (χ2n) is 4.14. The summed E-state index contributed by atoms with van der Waals surface area (Å²) in [4.78, 5) is 11.5. The van der Waals surface area contributed by atoms with Gasteiger partial charge in [0.25, 0.3) is 0 Å². The third-order valence-corrected chi connectivity index (χ3v) is 2.63. The predicted molar refractivity (Wildman–Crippen MR) is 64.6 cm³/mol. The van der Waals surface area contributed by atoms with E-state index in [1.807, 2.05) is 19.1 Å². The summed E-state index contributed by atoms with van der Waals surface area (Å²) in [5.74, 6) is 0.532. The van der Waals surface area contributed by atoms with Gasteiger partial charge in [-0.1, -0.05) is 16.4 Å². The first kappa shape index (κ1) is 12.3. The minimum absolute atomic E-state index is 0.0278. The molecule has 0 unspecified atom stereocenters. The number of rotatable bonds is 4. The van der Waals surface area contributed by atoms with Crippen LogP contribution in [0.3, 0.4) is 0 Å². The van der Waals surface area contributed by atoms with Crippen LogP contribution in [0.2, 0.25) is 0 Å². The number of benzene rings is 1. The Labute approximate surface area is 105 Å². The standard InChI is InChI=1S/C13H14N2O3/c1-8-4-5-11(10(3)16)13(6-8)17-7-12-9(2)14-18-15-12/h4-6H,7H2,1-3H3. The number of hydrogen-bond acceptors (Lipinski definition) is 5. The molecule has 5 heteroatoms. The molecule has 1 aromatic carbocycles. The van der Waals surface area contributed by atoms with Crippen LogP contribution in [0.1, 0.15) is 34.2 Å². The maximum absolute atomic E-state index is 11.5. The number of Topliss-reactive ketones (excluding diaryl/α,β-unsaturated/α-hetero) is 1. The Morgan fingerprint density at radius 2 is 2.11 bits per heavy atom. The highest BCUT2D eigenvalue weighted by atomic mass is 16.6. The fourth-order valence-electron chi connectivity index (χ4n) is 1.57. The number of nitrogens with zero attached hydrogens (tertiary/aromatic N) is 2. The van der Waals surface area contributed by atoms with Crippen molar-refractivity contribution in [2.75, 3.05) is 0 Å². The van der Waals surface area contributed by atoms with Gasteiger partial charge in [-0.05, 0) is 38.5 Å². The van der Waals surface area contributed by atoms with Crippen LogP contribution in [-0.2, 0) is 6.61 Å². The van der Waals surface area contributed by atoms with Crippen molar-refractivity contribution in [3.63, 3.8) is 0 Å². The van der Waals surface area contributed by atoms with Crippen molar-refractivity contribution in [3.8, 4) is 5.75 Å². The van der Waals surface area contributed by atoms with Crippen LogP contribution in [0, 0.1) is 13.8 Å². The Balaban J connectivity index is 2.20. The van der Waals surface area contributed by atoms with E-state index in [2.05, 4.69) is 14.9 Å². The zero-order valence-corrected chi connectivity index (χ0v) is 10.6. The average Bonchev–Trinajstić information content (AvgIpc) is 2.72. The molecule has 0 radical (unpaired) electrons. The number of hydrogen-bond donors (Lipinski definition) is 0. The average molecular weight is 246 g/mol. The van der Waals surface area contributed by atoms with Gasteiger partial charge in [0.2, 0.25) is 0 Å². The van der Waals surface area contributed by atoms with Gasteiger partial charge in [0.15, 0.2) is 5.78 Å². The molecule has 18 heavy (non-hydrogen) atoms. The Morgan fingerprint density at radius 1 is 1.33 bits per heavy atom. The van der Waals surface area contributed by atoms with E-state index in [1.54, 1.807) is 13.0 Å². The van der Waals surface area contributed by atoms with Gasteiger partial charge < -0.3 is 4.74 Å². The number of ketones is 1. The van der Waals surface area contributed by atoms with Gasteiger partial charge in [-0.15, -0.1) is 0 Å². The second kappa shape index (κ2) is 5.00. The summed E-state index contributed by atoms with van der Waals surface area (Å²) < 4.78 is 10.2.